The van der Waals surface area contributed by atoms with E-state index < -0.39 is 0 Å². The van der Waals surface area contributed by atoms with Crippen molar-refractivity contribution in [2.24, 2.45) is 0 Å². The molecule has 1 radical (unpaired) electrons. The first-order chi connectivity index (χ1) is 3.41. The lowest BCUT2D eigenvalue weighted by Crippen LogP contribution is -1.64. The molecule has 0 nitrogen and oxygen atoms in total. The second-order valence-electron chi connectivity index (χ2n) is 1.27. The molecule has 0 spiro atoms. The third-order valence-electron chi connectivity index (χ3n) is 0.655. The lowest BCUT2D eigenvalue weighted by molar-refractivity contribution is 1.04. The van der Waals surface area contributed by atoms with E-state index in [1.807, 2.05) is 6.08 Å². The van der Waals surface area contributed by atoms with Crippen LogP contribution in [0.15, 0.2) is 12.7 Å². The topological polar surface area (TPSA) is 0 Å². The normalized spacial score (nSPS) is 8.71. The molecule has 0 aromatic rings. The molecule has 0 saturated heterocycles. The molecule has 0 unspecified atom stereocenters. The molecule has 0 saturated carbocycles. The monoisotopic (exact) mass is 115 g/mol. The lowest BCUT2D eigenvalue weighted by atomic mass is 10.3. The highest BCUT2D eigenvalue weighted by molar-refractivity contribution is 8.00. The summed E-state index contributed by atoms with van der Waals surface area (Å²) >= 11 is 1.77. The smallest absolute Gasteiger partial charge is 0.0166 e. The molecule has 0 N–H and O–H groups in total. The Kier molecular flexibility index (Phi) is 6.17. The number of thioether (sulfide) groups is 1. The molecule has 0 heterocycles. The molecular weight excluding hydrogens is 104 g/mol. The van der Waals surface area contributed by atoms with Gasteiger partial charge in [-0.25, -0.2) is 0 Å². The van der Waals surface area contributed by atoms with Crippen LogP contribution in [-0.4, -0.2) is 6.26 Å². The predicted molar refractivity (Wildman–Crippen MR) is 37.2 cm³/mol. The van der Waals surface area contributed by atoms with Crippen LogP contribution in [0.3, 0.4) is 0 Å². The van der Waals surface area contributed by atoms with E-state index >= 15 is 0 Å². The van der Waals surface area contributed by atoms with Gasteiger partial charge in [0.15, 0.2) is 0 Å². The summed E-state index contributed by atoms with van der Waals surface area (Å²) in [5.74, 6) is 2.18. The van der Waals surface area contributed by atoms with Gasteiger partial charge in [0.25, 0.3) is 0 Å². The van der Waals surface area contributed by atoms with Crippen molar-refractivity contribution in [2.45, 2.75) is 12.8 Å². The summed E-state index contributed by atoms with van der Waals surface area (Å²) in [5, 5.41) is 0. The van der Waals surface area contributed by atoms with Crippen LogP contribution in [0, 0.1) is 5.75 Å². The van der Waals surface area contributed by atoms with Gasteiger partial charge >= 0.3 is 0 Å². The second kappa shape index (κ2) is 6.09. The molecule has 0 aliphatic rings. The van der Waals surface area contributed by atoms with Crippen LogP contribution in [0.1, 0.15) is 12.8 Å². The molecule has 0 fully saturated rings. The molecule has 0 bridgehead atoms. The Hall–Kier alpha value is 0.0900. The zero-order valence-corrected chi connectivity index (χ0v) is 5.50. The third kappa shape index (κ3) is 6.09. The molecule has 0 aliphatic heterocycles. The standard InChI is InChI=1S/C6H11S/c1-3-4-5-6-7-2/h3,6H,1,4-5H2,2H3. The van der Waals surface area contributed by atoms with Crippen LogP contribution >= 0.6 is 11.8 Å². The Bertz CT molecular complexity index is 41.4. The summed E-state index contributed by atoms with van der Waals surface area (Å²) in [4.78, 5) is 0. The van der Waals surface area contributed by atoms with E-state index in [-0.39, 0.29) is 0 Å². The Morgan fingerprint density at radius 2 is 2.29 bits per heavy atom. The van der Waals surface area contributed by atoms with Gasteiger partial charge in [0.2, 0.25) is 0 Å². The van der Waals surface area contributed by atoms with E-state index in [2.05, 4.69) is 18.6 Å². The van der Waals surface area contributed by atoms with Gasteiger partial charge in [0.05, 0.1) is 0 Å². The Balaban J connectivity index is 2.56. The maximum atomic E-state index is 3.60. The Morgan fingerprint density at radius 3 is 2.71 bits per heavy atom. The molecule has 0 aromatic heterocycles. The SMILES string of the molecule is C=CCC[CH]SC. The molecule has 1 heteroatoms. The number of hydrogen-bond donors (Lipinski definition) is 0. The van der Waals surface area contributed by atoms with Gasteiger partial charge < -0.3 is 0 Å². The van der Waals surface area contributed by atoms with Gasteiger partial charge in [-0.1, -0.05) is 6.08 Å². The van der Waals surface area contributed by atoms with Crippen LogP contribution in [0.4, 0.5) is 0 Å². The van der Waals surface area contributed by atoms with Crippen molar-refractivity contribution in [3.8, 4) is 0 Å². The van der Waals surface area contributed by atoms with E-state index in [0.29, 0.717) is 0 Å². The van der Waals surface area contributed by atoms with E-state index in [0.717, 1.165) is 12.8 Å². The maximum absolute atomic E-state index is 3.60. The van der Waals surface area contributed by atoms with E-state index in [1.54, 1.807) is 11.8 Å². The quantitative estimate of drug-likeness (QED) is 0.400. The summed E-state index contributed by atoms with van der Waals surface area (Å²) < 4.78 is 0. The summed E-state index contributed by atoms with van der Waals surface area (Å²) in [7, 11) is 0. The van der Waals surface area contributed by atoms with Gasteiger partial charge in [-0.2, -0.15) is 11.8 Å². The number of unbranched alkanes of at least 4 members (excludes halogenated alkanes) is 1. The summed E-state index contributed by atoms with van der Waals surface area (Å²) in [5.41, 5.74) is 0. The highest BCUT2D eigenvalue weighted by Crippen LogP contribution is 2.04. The molecule has 0 aliphatic carbocycles. The fraction of sp³-hybridized carbons (Fsp3) is 0.500. The zero-order valence-electron chi connectivity index (χ0n) is 4.68. The van der Waals surface area contributed by atoms with E-state index in [1.165, 1.54) is 0 Å². The average Bonchev–Trinajstić information content (AvgIpc) is 1.69. The van der Waals surface area contributed by atoms with Crippen molar-refractivity contribution in [3.05, 3.63) is 18.4 Å². The highest BCUT2D eigenvalue weighted by atomic mass is 32.2. The van der Waals surface area contributed by atoms with Crippen LogP contribution in [0.5, 0.6) is 0 Å². The first-order valence-electron chi connectivity index (χ1n) is 2.37. The molecular formula is C6H11S. The van der Waals surface area contributed by atoms with Crippen LogP contribution in [0.25, 0.3) is 0 Å². The summed E-state index contributed by atoms with van der Waals surface area (Å²) in [6.07, 6.45) is 6.28. The third-order valence-corrected chi connectivity index (χ3v) is 1.22. The first-order valence-corrected chi connectivity index (χ1v) is 3.66. The molecule has 7 heavy (non-hydrogen) atoms. The predicted octanol–water partition coefficient (Wildman–Crippen LogP) is 2.48. The minimum Gasteiger partial charge on any atom is -0.161 e. The number of rotatable bonds is 4. The Morgan fingerprint density at radius 1 is 1.57 bits per heavy atom. The van der Waals surface area contributed by atoms with Crippen molar-refractivity contribution >= 4 is 11.8 Å². The summed E-state index contributed by atoms with van der Waals surface area (Å²) in [6.45, 7) is 3.60. The molecule has 41 valence electrons. The van der Waals surface area contributed by atoms with Crippen molar-refractivity contribution < 1.29 is 0 Å². The van der Waals surface area contributed by atoms with Crippen LogP contribution < -0.4 is 0 Å². The van der Waals surface area contributed by atoms with Crippen molar-refractivity contribution in [2.75, 3.05) is 6.26 Å². The molecule has 0 atom stereocenters. The van der Waals surface area contributed by atoms with Crippen LogP contribution in [-0.2, 0) is 0 Å². The Labute approximate surface area is 50.0 Å². The fourth-order valence-corrected chi connectivity index (χ4v) is 0.676. The average molecular weight is 115 g/mol. The largest absolute Gasteiger partial charge is 0.161 e. The van der Waals surface area contributed by atoms with Gasteiger partial charge in [0, 0.05) is 5.75 Å². The number of hydrogen-bond acceptors (Lipinski definition) is 1. The zero-order chi connectivity index (χ0) is 5.54. The van der Waals surface area contributed by atoms with Gasteiger partial charge in [-0.15, -0.1) is 6.58 Å². The van der Waals surface area contributed by atoms with Gasteiger partial charge in [-0.3, -0.25) is 0 Å². The minimum absolute atomic E-state index is 1.11. The minimum atomic E-state index is 1.11. The van der Waals surface area contributed by atoms with Crippen LogP contribution in [0.2, 0.25) is 0 Å². The highest BCUT2D eigenvalue weighted by Gasteiger charge is 1.78. The lowest BCUT2D eigenvalue weighted by Gasteiger charge is -1.87. The van der Waals surface area contributed by atoms with Gasteiger partial charge in [-0.05, 0) is 19.1 Å². The molecule has 0 amide bonds. The van der Waals surface area contributed by atoms with E-state index in [4.69, 9.17) is 0 Å². The second-order valence-corrected chi connectivity index (χ2v) is 2.07. The van der Waals surface area contributed by atoms with Crippen molar-refractivity contribution in [1.82, 2.24) is 0 Å². The first kappa shape index (κ1) is 7.09. The number of allylic oxidation sites excluding steroid dienone is 1. The molecule has 0 aromatic carbocycles. The fourth-order valence-electron chi connectivity index (χ4n) is 0.304. The summed E-state index contributed by atoms with van der Waals surface area (Å²) in [6, 6.07) is 0. The van der Waals surface area contributed by atoms with Crippen molar-refractivity contribution in [1.29, 1.82) is 0 Å². The van der Waals surface area contributed by atoms with Gasteiger partial charge in [0.1, 0.15) is 0 Å². The maximum Gasteiger partial charge on any atom is 0.0166 e. The molecule has 0 rings (SSSR count). The van der Waals surface area contributed by atoms with Crippen molar-refractivity contribution in [3.63, 3.8) is 0 Å². The van der Waals surface area contributed by atoms with E-state index in [9.17, 15) is 0 Å².